The van der Waals surface area contributed by atoms with Crippen LogP contribution in [0.4, 0.5) is 0 Å². The molecule has 0 aliphatic heterocycles. The van der Waals surface area contributed by atoms with Gasteiger partial charge in [0.25, 0.3) is 0 Å². The minimum atomic E-state index is -4.28. The number of nitrogens with zero attached hydrogens (tertiary/aromatic N) is 3. The van der Waals surface area contributed by atoms with E-state index in [-0.39, 0.29) is 77.4 Å². The van der Waals surface area contributed by atoms with Crippen molar-refractivity contribution in [3.63, 3.8) is 0 Å². The number of rotatable bonds is 6. The number of para-hydroxylation sites is 1. The molecule has 0 saturated carbocycles. The van der Waals surface area contributed by atoms with Gasteiger partial charge in [-0.1, -0.05) is 164 Å². The number of hydrogen-bond donors (Lipinski definition) is 1. The number of aromatic hydroxyl groups is 1. The maximum atomic E-state index is 12.9. The normalized spacial score (nSPS) is 19.9. The van der Waals surface area contributed by atoms with E-state index in [4.69, 9.17) is 40.6 Å². The quantitative estimate of drug-likeness (QED) is 0.169. The first kappa shape index (κ1) is 20.8. The van der Waals surface area contributed by atoms with Gasteiger partial charge in [0.2, 0.25) is 0 Å². The fourth-order valence-corrected chi connectivity index (χ4v) is 7.00. The first-order valence-corrected chi connectivity index (χ1v) is 18.5. The zero-order valence-corrected chi connectivity index (χ0v) is 34.8. The van der Waals surface area contributed by atoms with Gasteiger partial charge < -0.3 is 5.11 Å². The molecule has 2 heterocycles. The predicted molar refractivity (Wildman–Crippen MR) is 247 cm³/mol. The summed E-state index contributed by atoms with van der Waals surface area (Å²) in [6, 6.07) is 25.0. The molecule has 0 aliphatic rings. The van der Waals surface area contributed by atoms with Crippen molar-refractivity contribution in [1.82, 2.24) is 14.5 Å². The number of pyridine rings is 1. The van der Waals surface area contributed by atoms with Crippen LogP contribution in [0.25, 0.3) is 72.7 Å². The molecule has 4 nitrogen and oxygen atoms in total. The SMILES string of the molecule is [2H]c1c([2H])c([2H])c(-c2ccnc(-c3[c-]c(-c4cccc5c4nc(-c4cc(C(C([2H])([2H])[2H])(C([2H])([2H])[2H])C([2H])([2H])[2H])cc(C(C([2H])([2H])[2H])(C([2H])([2H])[2H])C([2H])([2H])[2H])c4O)n5-c4ccc(-c5ccccc5)cc4C([2H])([2H])[2H])cc(C(C)(C)C)c3)c2)c([2H])c1[2H].[Pt]. The Kier molecular flexibility index (Phi) is 5.59. The molecule has 0 bridgehead atoms. The van der Waals surface area contributed by atoms with Crippen LogP contribution in [0.5, 0.6) is 5.75 Å². The molecule has 0 spiro atoms. The molecule has 0 fully saturated rings. The van der Waals surface area contributed by atoms with Crippen molar-refractivity contribution in [2.45, 2.75) is 85.0 Å². The van der Waals surface area contributed by atoms with Crippen LogP contribution < -0.4 is 0 Å². The van der Waals surface area contributed by atoms with Crippen molar-refractivity contribution >= 4 is 11.0 Å². The van der Waals surface area contributed by atoms with E-state index >= 15 is 0 Å². The minimum Gasteiger partial charge on any atom is -0.507 e. The number of imidazole rings is 1. The zero-order valence-electron chi connectivity index (χ0n) is 58.5. The molecule has 60 heavy (non-hydrogen) atoms. The van der Waals surface area contributed by atoms with Crippen LogP contribution in [0.2, 0.25) is 0 Å². The van der Waals surface area contributed by atoms with Gasteiger partial charge in [-0.15, -0.1) is 29.3 Å². The topological polar surface area (TPSA) is 50.9 Å². The van der Waals surface area contributed by atoms with Crippen LogP contribution in [0.1, 0.15) is 120 Å². The molecule has 0 atom stereocenters. The summed E-state index contributed by atoms with van der Waals surface area (Å²) in [5.74, 6) is -2.28. The number of fused-ring (bicyclic) bond motifs is 1. The molecule has 8 rings (SSSR count). The molecule has 8 aromatic rings. The van der Waals surface area contributed by atoms with Gasteiger partial charge in [-0.3, -0.25) is 9.55 Å². The third kappa shape index (κ3) is 8.28. The summed E-state index contributed by atoms with van der Waals surface area (Å²) in [5.41, 5.74) is -11.5. The number of hydrogen-bond acceptors (Lipinski definition) is 3. The Hall–Kier alpha value is -5.57. The van der Waals surface area contributed by atoms with Crippen molar-refractivity contribution in [2.24, 2.45) is 0 Å². The standard InChI is InChI=1S/C55H54N3O.Pt/c1-35-28-38(36-18-13-11-14-19-36)24-25-48(35)58-49-23-17-22-44(50(49)57-52(58)45-33-43(54(5,6)7)34-46(51(45)59)55(8,9)10)40-29-41(31-42(30-40)53(2,3)4)47-32-39(26-27-56-47)37-20-15-12-16-21-37;/h11-28,30-34,59H,1-10H3;/q-1;/i1D3,5D3,6D3,7D3,8D3,9D3,10D3,12D,15D,16D,20D,21D;. The molecule has 1 N–H and O–H groups in total. The van der Waals surface area contributed by atoms with Crippen molar-refractivity contribution in [3.8, 4) is 67.5 Å². The Labute approximate surface area is 407 Å². The molecule has 0 unspecified atom stereocenters. The van der Waals surface area contributed by atoms with E-state index < -0.39 is 128 Å². The first-order valence-electron chi connectivity index (χ1n) is 31.5. The summed E-state index contributed by atoms with van der Waals surface area (Å²) in [6.07, 6.45) is 1.37. The number of phenolic OH excluding ortho intramolecular Hbond substituents is 1. The van der Waals surface area contributed by atoms with E-state index in [1.165, 1.54) is 48.7 Å². The summed E-state index contributed by atoms with van der Waals surface area (Å²) >= 11 is 0. The monoisotopic (exact) mass is 994 g/mol. The van der Waals surface area contributed by atoms with Crippen molar-refractivity contribution in [3.05, 3.63) is 168 Å². The molecule has 0 radical (unpaired) electrons. The predicted octanol–water partition coefficient (Wildman–Crippen LogP) is 14.5. The zero-order chi connectivity index (χ0) is 63.7. The summed E-state index contributed by atoms with van der Waals surface area (Å²) in [4.78, 5) is 9.54. The Morgan fingerprint density at radius 3 is 2.08 bits per heavy atom. The van der Waals surface area contributed by atoms with Gasteiger partial charge in [-0.05, 0) is 86.8 Å². The Balaban J connectivity index is 0.0000106. The van der Waals surface area contributed by atoms with Crippen LogP contribution in [0, 0.1) is 12.9 Å². The van der Waals surface area contributed by atoms with Crippen LogP contribution >= 0.6 is 0 Å². The number of aryl methyl sites for hydroxylation is 1. The summed E-state index contributed by atoms with van der Waals surface area (Å²) in [7, 11) is 0. The Morgan fingerprint density at radius 1 is 0.650 bits per heavy atom. The van der Waals surface area contributed by atoms with E-state index in [2.05, 4.69) is 11.1 Å². The van der Waals surface area contributed by atoms with E-state index in [9.17, 15) is 5.11 Å². The second-order valence-corrected chi connectivity index (χ2v) is 15.3. The average Bonchev–Trinajstić information content (AvgIpc) is 1.12. The average molecular weight is 994 g/mol. The van der Waals surface area contributed by atoms with Crippen LogP contribution in [-0.4, -0.2) is 19.6 Å². The number of phenols is 1. The summed E-state index contributed by atoms with van der Waals surface area (Å²) in [6.45, 7) is -22.6. The Bertz CT molecular complexity index is 3820. The summed E-state index contributed by atoms with van der Waals surface area (Å²) < 4.78 is 227. The van der Waals surface area contributed by atoms with Gasteiger partial charge >= 0.3 is 0 Å². The van der Waals surface area contributed by atoms with Crippen molar-refractivity contribution in [2.75, 3.05) is 0 Å². The molecule has 0 aliphatic carbocycles. The minimum absolute atomic E-state index is 0. The van der Waals surface area contributed by atoms with Gasteiger partial charge in [0.15, 0.2) is 0 Å². The second kappa shape index (κ2) is 16.1. The largest absolute Gasteiger partial charge is 0.507 e. The smallest absolute Gasteiger partial charge is 0.148 e. The van der Waals surface area contributed by atoms with Gasteiger partial charge in [0, 0.05) is 67.3 Å². The number of benzene rings is 6. The molecule has 306 valence electrons. The van der Waals surface area contributed by atoms with Gasteiger partial charge in [-0.2, -0.15) is 0 Å². The van der Waals surface area contributed by atoms with Gasteiger partial charge in [0.1, 0.15) is 11.6 Å². The fraction of sp³-hybridized carbons (Fsp3) is 0.236. The number of aromatic nitrogens is 3. The van der Waals surface area contributed by atoms with Crippen molar-refractivity contribution < 1.29 is 61.8 Å². The molecular formula is C55H54N3OPt-. The first-order chi connectivity index (χ1) is 38.8. The fourth-order valence-electron chi connectivity index (χ4n) is 7.00. The van der Waals surface area contributed by atoms with Crippen molar-refractivity contribution in [1.29, 1.82) is 0 Å². The van der Waals surface area contributed by atoms with Crippen LogP contribution in [-0.2, 0) is 37.3 Å². The maximum Gasteiger partial charge on any atom is 0.148 e. The van der Waals surface area contributed by atoms with Crippen LogP contribution in [0.15, 0.2) is 140 Å². The second-order valence-electron chi connectivity index (χ2n) is 15.3. The molecule has 0 amide bonds. The van der Waals surface area contributed by atoms with Gasteiger partial charge in [0.05, 0.1) is 29.1 Å². The molecule has 0 saturated heterocycles. The molecule has 2 aromatic heterocycles. The summed E-state index contributed by atoms with van der Waals surface area (Å²) in [5, 5.41) is 12.9. The Morgan fingerprint density at radius 2 is 1.37 bits per heavy atom. The van der Waals surface area contributed by atoms with E-state index in [0.717, 1.165) is 4.57 Å². The molecule has 5 heteroatoms. The van der Waals surface area contributed by atoms with E-state index in [1.807, 2.05) is 20.8 Å². The van der Waals surface area contributed by atoms with E-state index in [1.54, 1.807) is 48.5 Å². The third-order valence-corrected chi connectivity index (χ3v) is 10.1. The van der Waals surface area contributed by atoms with Crippen LogP contribution in [0.3, 0.4) is 0 Å². The molecule has 6 aromatic carbocycles. The maximum absolute atomic E-state index is 12.9. The van der Waals surface area contributed by atoms with E-state index in [0.29, 0.717) is 22.8 Å². The third-order valence-electron chi connectivity index (χ3n) is 10.1. The molecular weight excluding hydrogens is 914 g/mol. The van der Waals surface area contributed by atoms with Gasteiger partial charge in [-0.25, -0.2) is 4.98 Å².